The number of carbonyl (C=O) groups is 1. The maximum Gasteiger partial charge on any atom is 0.335 e. The number of aliphatic hydroxyl groups is 1. The highest BCUT2D eigenvalue weighted by Crippen LogP contribution is 2.40. The molecule has 1 aliphatic heterocycles. The molecule has 142 valence electrons. The van der Waals surface area contributed by atoms with E-state index >= 15 is 0 Å². The molecule has 0 aromatic heterocycles. The second-order valence-electron chi connectivity index (χ2n) is 6.28. The molecule has 0 bridgehead atoms. The van der Waals surface area contributed by atoms with Gasteiger partial charge in [-0.2, -0.15) is 0 Å². The standard InChI is InChI=1S/C13H26OS2.C7H6O2/c1-2-3-4-5-6-7-8-9-13-15-11-12(10-14)16-13;8-7(9)6-4-2-1-3-5-6/h12-14H,2-11H2,1H3;1-5H,(H,8,9)/t12-,13-;/m1./s1. The Morgan fingerprint density at radius 3 is 2.24 bits per heavy atom. The zero-order chi connectivity index (χ0) is 18.3. The van der Waals surface area contributed by atoms with Crippen molar-refractivity contribution in [1.29, 1.82) is 0 Å². The minimum atomic E-state index is -0.879. The normalized spacial score (nSPS) is 19.3. The summed E-state index contributed by atoms with van der Waals surface area (Å²) in [5, 5.41) is 17.9. The third-order valence-electron chi connectivity index (χ3n) is 4.08. The summed E-state index contributed by atoms with van der Waals surface area (Å²) in [4.78, 5) is 10.2. The van der Waals surface area contributed by atoms with Gasteiger partial charge in [-0.3, -0.25) is 0 Å². The predicted octanol–water partition coefficient (Wildman–Crippen LogP) is 5.68. The summed E-state index contributed by atoms with van der Waals surface area (Å²) >= 11 is 4.05. The van der Waals surface area contributed by atoms with E-state index in [1.807, 2.05) is 23.5 Å². The molecular formula is C20H32O3S2. The molecule has 5 heteroatoms. The van der Waals surface area contributed by atoms with E-state index in [9.17, 15) is 4.79 Å². The number of hydrogen-bond acceptors (Lipinski definition) is 4. The van der Waals surface area contributed by atoms with Gasteiger partial charge in [-0.05, 0) is 18.6 Å². The predicted molar refractivity (Wildman–Crippen MR) is 111 cm³/mol. The van der Waals surface area contributed by atoms with Crippen LogP contribution >= 0.6 is 23.5 Å². The lowest BCUT2D eigenvalue weighted by Crippen LogP contribution is -2.06. The highest BCUT2D eigenvalue weighted by Gasteiger charge is 2.24. The summed E-state index contributed by atoms with van der Waals surface area (Å²) in [6.45, 7) is 2.64. The molecule has 0 aliphatic carbocycles. The zero-order valence-corrected chi connectivity index (χ0v) is 16.9. The van der Waals surface area contributed by atoms with Crippen molar-refractivity contribution in [2.45, 2.75) is 68.1 Å². The van der Waals surface area contributed by atoms with E-state index in [1.54, 1.807) is 30.3 Å². The fraction of sp³-hybridized carbons (Fsp3) is 0.650. The van der Waals surface area contributed by atoms with Crippen molar-refractivity contribution in [2.24, 2.45) is 0 Å². The summed E-state index contributed by atoms with van der Waals surface area (Å²) in [7, 11) is 0. The molecule has 0 unspecified atom stereocenters. The van der Waals surface area contributed by atoms with Crippen molar-refractivity contribution in [2.75, 3.05) is 12.4 Å². The number of thioether (sulfide) groups is 2. The Morgan fingerprint density at radius 1 is 1.08 bits per heavy atom. The molecule has 0 spiro atoms. The zero-order valence-electron chi connectivity index (χ0n) is 15.2. The van der Waals surface area contributed by atoms with E-state index in [-0.39, 0.29) is 0 Å². The maximum atomic E-state index is 10.2. The second kappa shape index (κ2) is 14.5. The molecule has 0 radical (unpaired) electrons. The fourth-order valence-electron chi connectivity index (χ4n) is 2.60. The first-order chi connectivity index (χ1) is 12.2. The molecule has 2 N–H and O–H groups in total. The third kappa shape index (κ3) is 10.8. The molecule has 0 amide bonds. The van der Waals surface area contributed by atoms with E-state index in [1.165, 1.54) is 51.4 Å². The van der Waals surface area contributed by atoms with Crippen LogP contribution in [0.15, 0.2) is 30.3 Å². The summed E-state index contributed by atoms with van der Waals surface area (Å²) in [6.07, 6.45) is 11.2. The minimum Gasteiger partial charge on any atom is -0.478 e. The number of hydrogen-bond donors (Lipinski definition) is 2. The average molecular weight is 385 g/mol. The number of aromatic carboxylic acids is 1. The Bertz CT molecular complexity index is 454. The van der Waals surface area contributed by atoms with Crippen LogP contribution in [0.1, 0.15) is 68.6 Å². The van der Waals surface area contributed by atoms with Crippen LogP contribution in [-0.2, 0) is 0 Å². The Kier molecular flexibility index (Phi) is 13.0. The first-order valence-electron chi connectivity index (χ1n) is 9.33. The Labute approximate surface area is 161 Å². The van der Waals surface area contributed by atoms with E-state index in [4.69, 9.17) is 10.2 Å². The molecule has 2 atom stereocenters. The largest absolute Gasteiger partial charge is 0.478 e. The molecule has 0 saturated carbocycles. The minimum absolute atomic E-state index is 0.331. The van der Waals surface area contributed by atoms with Crippen molar-refractivity contribution in [3.63, 3.8) is 0 Å². The van der Waals surface area contributed by atoms with E-state index in [0.717, 1.165) is 10.3 Å². The van der Waals surface area contributed by atoms with Gasteiger partial charge in [-0.15, -0.1) is 23.5 Å². The lowest BCUT2D eigenvalue weighted by Gasteiger charge is -2.08. The van der Waals surface area contributed by atoms with Gasteiger partial charge in [0.2, 0.25) is 0 Å². The van der Waals surface area contributed by atoms with Crippen molar-refractivity contribution >= 4 is 29.5 Å². The Morgan fingerprint density at radius 2 is 1.72 bits per heavy atom. The van der Waals surface area contributed by atoms with Crippen LogP contribution < -0.4 is 0 Å². The van der Waals surface area contributed by atoms with Gasteiger partial charge in [0.1, 0.15) is 0 Å². The van der Waals surface area contributed by atoms with Crippen LogP contribution in [0.3, 0.4) is 0 Å². The van der Waals surface area contributed by atoms with Gasteiger partial charge < -0.3 is 10.2 Å². The maximum absolute atomic E-state index is 10.2. The van der Waals surface area contributed by atoms with Crippen LogP contribution in [0.4, 0.5) is 0 Å². The summed E-state index contributed by atoms with van der Waals surface area (Å²) < 4.78 is 0.771. The highest BCUT2D eigenvalue weighted by atomic mass is 32.2. The Balaban J connectivity index is 0.000000293. The Hall–Kier alpha value is -0.650. The number of rotatable bonds is 10. The van der Waals surface area contributed by atoms with Gasteiger partial charge in [-0.25, -0.2) is 4.79 Å². The second-order valence-corrected chi connectivity index (χ2v) is 9.33. The van der Waals surface area contributed by atoms with E-state index in [0.29, 0.717) is 17.4 Å². The summed E-state index contributed by atoms with van der Waals surface area (Å²) in [5.74, 6) is 0.276. The molecule has 1 aromatic rings. The number of aliphatic hydroxyl groups excluding tert-OH is 1. The van der Waals surface area contributed by atoms with Gasteiger partial charge in [0.05, 0.1) is 16.8 Å². The summed E-state index contributed by atoms with van der Waals surface area (Å²) in [6, 6.07) is 8.30. The first kappa shape index (κ1) is 22.4. The topological polar surface area (TPSA) is 57.5 Å². The molecule has 1 aromatic carbocycles. The third-order valence-corrected chi connectivity index (χ3v) is 7.47. The van der Waals surface area contributed by atoms with Gasteiger partial charge in [0, 0.05) is 11.0 Å². The van der Waals surface area contributed by atoms with Crippen LogP contribution in [0.2, 0.25) is 0 Å². The van der Waals surface area contributed by atoms with Crippen LogP contribution in [-0.4, -0.2) is 38.4 Å². The smallest absolute Gasteiger partial charge is 0.335 e. The number of unbranched alkanes of at least 4 members (excludes halogenated alkanes) is 6. The molecule has 1 fully saturated rings. The van der Waals surface area contributed by atoms with Crippen molar-refractivity contribution in [1.82, 2.24) is 0 Å². The lowest BCUT2D eigenvalue weighted by molar-refractivity contribution is 0.0697. The monoisotopic (exact) mass is 384 g/mol. The van der Waals surface area contributed by atoms with Crippen molar-refractivity contribution in [3.05, 3.63) is 35.9 Å². The van der Waals surface area contributed by atoms with Gasteiger partial charge >= 0.3 is 5.97 Å². The average Bonchev–Trinajstić information content (AvgIpc) is 3.10. The van der Waals surface area contributed by atoms with Gasteiger partial charge in [0.15, 0.2) is 0 Å². The fourth-order valence-corrected chi connectivity index (χ4v) is 5.86. The first-order valence-corrected chi connectivity index (χ1v) is 11.3. The molecule has 1 saturated heterocycles. The van der Waals surface area contributed by atoms with Crippen LogP contribution in [0.25, 0.3) is 0 Å². The molecule has 25 heavy (non-hydrogen) atoms. The van der Waals surface area contributed by atoms with Gasteiger partial charge in [0.25, 0.3) is 0 Å². The van der Waals surface area contributed by atoms with Crippen LogP contribution in [0.5, 0.6) is 0 Å². The molecule has 1 heterocycles. The highest BCUT2D eigenvalue weighted by molar-refractivity contribution is 8.20. The molecule has 3 nitrogen and oxygen atoms in total. The van der Waals surface area contributed by atoms with E-state index in [2.05, 4.69) is 6.92 Å². The van der Waals surface area contributed by atoms with Crippen molar-refractivity contribution in [3.8, 4) is 0 Å². The van der Waals surface area contributed by atoms with Crippen molar-refractivity contribution < 1.29 is 15.0 Å². The molecule has 1 aliphatic rings. The number of benzene rings is 1. The lowest BCUT2D eigenvalue weighted by atomic mass is 10.1. The molecular weight excluding hydrogens is 352 g/mol. The SMILES string of the molecule is CCCCCCCCC[C@@H]1SC[C@@H](CO)S1.O=C(O)c1ccccc1. The van der Waals surface area contributed by atoms with Gasteiger partial charge in [-0.1, -0.05) is 70.1 Å². The molecule has 2 rings (SSSR count). The number of carboxylic acids is 1. The summed E-state index contributed by atoms with van der Waals surface area (Å²) in [5.41, 5.74) is 0.331. The number of carboxylic acid groups (broad SMARTS) is 1. The quantitative estimate of drug-likeness (QED) is 0.508. The van der Waals surface area contributed by atoms with Crippen LogP contribution in [0, 0.1) is 0 Å². The van der Waals surface area contributed by atoms with E-state index < -0.39 is 5.97 Å².